The van der Waals surface area contributed by atoms with E-state index in [1.165, 1.54) is 6.33 Å². The molecular weight excluding hydrogens is 194 g/mol. The van der Waals surface area contributed by atoms with Crippen LogP contribution in [0, 0.1) is 0 Å². The van der Waals surface area contributed by atoms with Gasteiger partial charge in [-0.25, -0.2) is 10.5 Å². The van der Waals surface area contributed by atoms with Crippen molar-refractivity contribution in [1.29, 1.82) is 0 Å². The summed E-state index contributed by atoms with van der Waals surface area (Å²) >= 11 is 0. The van der Waals surface area contributed by atoms with E-state index in [2.05, 4.69) is 33.7 Å². The molecule has 2 N–H and O–H groups in total. The van der Waals surface area contributed by atoms with Crippen molar-refractivity contribution in [3.05, 3.63) is 6.33 Å². The zero-order valence-electron chi connectivity index (χ0n) is 9.14. The van der Waals surface area contributed by atoms with Gasteiger partial charge in [0.2, 0.25) is 5.95 Å². The quantitative estimate of drug-likeness (QED) is 0.691. The van der Waals surface area contributed by atoms with E-state index in [1.807, 2.05) is 5.48 Å². The van der Waals surface area contributed by atoms with Crippen LogP contribution in [0.3, 0.4) is 0 Å². The summed E-state index contributed by atoms with van der Waals surface area (Å²) in [5.74, 6) is 0.780. The standard InChI is InChI=1S/C9H17N5O/c1-3-5-14(6-4-2)9-11-7-10-8(12-9)13-15/h7,15H,3-6H2,1-2H3,(H,10,11,12,13). The Balaban J connectivity index is 2.79. The number of anilines is 2. The highest BCUT2D eigenvalue weighted by atomic mass is 16.5. The third kappa shape index (κ3) is 3.32. The largest absolute Gasteiger partial charge is 0.341 e. The van der Waals surface area contributed by atoms with Gasteiger partial charge in [-0.2, -0.15) is 9.97 Å². The summed E-state index contributed by atoms with van der Waals surface area (Å²) in [6.07, 6.45) is 3.46. The zero-order chi connectivity index (χ0) is 11.1. The summed E-state index contributed by atoms with van der Waals surface area (Å²) in [7, 11) is 0. The van der Waals surface area contributed by atoms with E-state index in [0.717, 1.165) is 25.9 Å². The first-order valence-electron chi connectivity index (χ1n) is 5.15. The van der Waals surface area contributed by atoms with Crippen LogP contribution in [0.25, 0.3) is 0 Å². The van der Waals surface area contributed by atoms with Crippen LogP contribution in [0.1, 0.15) is 26.7 Å². The van der Waals surface area contributed by atoms with Gasteiger partial charge in [-0.15, -0.1) is 0 Å². The molecule has 0 spiro atoms. The van der Waals surface area contributed by atoms with Gasteiger partial charge in [0, 0.05) is 13.1 Å². The van der Waals surface area contributed by atoms with E-state index in [9.17, 15) is 0 Å². The molecule has 1 aromatic rings. The fourth-order valence-electron chi connectivity index (χ4n) is 1.35. The average Bonchev–Trinajstić information content (AvgIpc) is 2.29. The molecule has 15 heavy (non-hydrogen) atoms. The number of nitrogens with one attached hydrogen (secondary N) is 1. The third-order valence-corrected chi connectivity index (χ3v) is 1.93. The summed E-state index contributed by atoms with van der Waals surface area (Å²) < 4.78 is 0. The normalized spacial score (nSPS) is 10.1. The van der Waals surface area contributed by atoms with Gasteiger partial charge >= 0.3 is 0 Å². The van der Waals surface area contributed by atoms with E-state index in [0.29, 0.717) is 5.95 Å². The maximum atomic E-state index is 8.68. The molecule has 0 fully saturated rings. The van der Waals surface area contributed by atoms with Crippen LogP contribution in [0.2, 0.25) is 0 Å². The molecule has 0 radical (unpaired) electrons. The summed E-state index contributed by atoms with van der Waals surface area (Å²) in [6, 6.07) is 0. The average molecular weight is 211 g/mol. The monoisotopic (exact) mass is 211 g/mol. The second-order valence-electron chi connectivity index (χ2n) is 3.21. The molecule has 84 valence electrons. The Morgan fingerprint density at radius 2 is 1.93 bits per heavy atom. The lowest BCUT2D eigenvalue weighted by atomic mass is 10.4. The molecule has 0 saturated heterocycles. The van der Waals surface area contributed by atoms with Crippen LogP contribution in [0.5, 0.6) is 0 Å². The van der Waals surface area contributed by atoms with E-state index >= 15 is 0 Å². The van der Waals surface area contributed by atoms with Crippen molar-refractivity contribution in [3.63, 3.8) is 0 Å². The molecule has 0 amide bonds. The molecular formula is C9H17N5O. The van der Waals surface area contributed by atoms with E-state index in [-0.39, 0.29) is 5.95 Å². The number of rotatable bonds is 6. The molecule has 1 rings (SSSR count). The molecule has 0 aliphatic heterocycles. The van der Waals surface area contributed by atoms with Gasteiger partial charge in [0.1, 0.15) is 6.33 Å². The van der Waals surface area contributed by atoms with Gasteiger partial charge in [0.15, 0.2) is 0 Å². The van der Waals surface area contributed by atoms with Crippen molar-refractivity contribution in [3.8, 4) is 0 Å². The van der Waals surface area contributed by atoms with Crippen LogP contribution in [0.15, 0.2) is 6.33 Å². The van der Waals surface area contributed by atoms with Crippen LogP contribution >= 0.6 is 0 Å². The summed E-state index contributed by atoms with van der Waals surface area (Å²) in [4.78, 5) is 14.0. The second kappa shape index (κ2) is 6.13. The number of hydrogen-bond acceptors (Lipinski definition) is 6. The first-order valence-corrected chi connectivity index (χ1v) is 5.15. The minimum Gasteiger partial charge on any atom is -0.341 e. The Bertz CT molecular complexity index is 288. The summed E-state index contributed by atoms with van der Waals surface area (Å²) in [5.41, 5.74) is 1.92. The predicted molar refractivity (Wildman–Crippen MR) is 58.0 cm³/mol. The van der Waals surface area contributed by atoms with E-state index in [1.54, 1.807) is 0 Å². The fourth-order valence-corrected chi connectivity index (χ4v) is 1.35. The van der Waals surface area contributed by atoms with Crippen LogP contribution < -0.4 is 10.4 Å². The van der Waals surface area contributed by atoms with Crippen LogP contribution in [-0.2, 0) is 0 Å². The molecule has 0 aliphatic carbocycles. The Morgan fingerprint density at radius 3 is 2.47 bits per heavy atom. The predicted octanol–water partition coefficient (Wildman–Crippen LogP) is 1.30. The molecule has 6 heteroatoms. The maximum absolute atomic E-state index is 8.68. The van der Waals surface area contributed by atoms with Gasteiger partial charge in [-0.1, -0.05) is 13.8 Å². The van der Waals surface area contributed by atoms with Gasteiger partial charge in [0.25, 0.3) is 5.95 Å². The first-order chi connectivity index (χ1) is 7.31. The molecule has 0 atom stereocenters. The maximum Gasteiger partial charge on any atom is 0.251 e. The number of aromatic nitrogens is 3. The molecule has 0 aliphatic rings. The van der Waals surface area contributed by atoms with Crippen LogP contribution in [0.4, 0.5) is 11.9 Å². The Hall–Kier alpha value is -1.43. The summed E-state index contributed by atoms with van der Waals surface area (Å²) in [5, 5.41) is 8.68. The van der Waals surface area contributed by atoms with E-state index in [4.69, 9.17) is 5.21 Å². The van der Waals surface area contributed by atoms with Crippen molar-refractivity contribution in [2.24, 2.45) is 0 Å². The smallest absolute Gasteiger partial charge is 0.251 e. The highest BCUT2D eigenvalue weighted by molar-refractivity contribution is 5.34. The van der Waals surface area contributed by atoms with Gasteiger partial charge in [-0.3, -0.25) is 5.21 Å². The van der Waals surface area contributed by atoms with Crippen molar-refractivity contribution >= 4 is 11.9 Å². The Kier molecular flexibility index (Phi) is 4.76. The number of hydrogen-bond donors (Lipinski definition) is 2. The number of nitrogens with zero attached hydrogens (tertiary/aromatic N) is 4. The summed E-state index contributed by atoms with van der Waals surface area (Å²) in [6.45, 7) is 6.02. The molecule has 1 heterocycles. The van der Waals surface area contributed by atoms with E-state index < -0.39 is 0 Å². The minimum atomic E-state index is 0.178. The lowest BCUT2D eigenvalue weighted by Gasteiger charge is -2.20. The van der Waals surface area contributed by atoms with Crippen molar-refractivity contribution < 1.29 is 5.21 Å². The molecule has 0 aromatic carbocycles. The molecule has 0 saturated carbocycles. The van der Waals surface area contributed by atoms with Crippen LogP contribution in [-0.4, -0.2) is 33.2 Å². The molecule has 6 nitrogen and oxygen atoms in total. The second-order valence-corrected chi connectivity index (χ2v) is 3.21. The van der Waals surface area contributed by atoms with Crippen molar-refractivity contribution in [1.82, 2.24) is 15.0 Å². The SMILES string of the molecule is CCCN(CCC)c1ncnc(NO)n1. The fraction of sp³-hybridized carbons (Fsp3) is 0.667. The minimum absolute atomic E-state index is 0.178. The lowest BCUT2D eigenvalue weighted by molar-refractivity contribution is 0.382. The Morgan fingerprint density at radius 1 is 1.27 bits per heavy atom. The van der Waals surface area contributed by atoms with Gasteiger partial charge in [-0.05, 0) is 12.8 Å². The zero-order valence-corrected chi connectivity index (χ0v) is 9.14. The van der Waals surface area contributed by atoms with Gasteiger partial charge in [0.05, 0.1) is 0 Å². The van der Waals surface area contributed by atoms with Gasteiger partial charge < -0.3 is 4.90 Å². The topological polar surface area (TPSA) is 74.2 Å². The highest BCUT2D eigenvalue weighted by Crippen LogP contribution is 2.09. The highest BCUT2D eigenvalue weighted by Gasteiger charge is 2.08. The molecule has 0 unspecified atom stereocenters. The molecule has 0 bridgehead atoms. The third-order valence-electron chi connectivity index (χ3n) is 1.93. The first kappa shape index (κ1) is 11.6. The van der Waals surface area contributed by atoms with Crippen molar-refractivity contribution in [2.45, 2.75) is 26.7 Å². The lowest BCUT2D eigenvalue weighted by Crippen LogP contribution is -2.27. The van der Waals surface area contributed by atoms with Crippen molar-refractivity contribution in [2.75, 3.05) is 23.5 Å². The Labute approximate surface area is 89.3 Å². The molecule has 1 aromatic heterocycles.